The summed E-state index contributed by atoms with van der Waals surface area (Å²) in [5.74, 6) is 0.289. The van der Waals surface area contributed by atoms with Crippen LogP contribution >= 0.6 is 0 Å². The fourth-order valence-corrected chi connectivity index (χ4v) is 2.78. The normalized spacial score (nSPS) is 11.2. The number of rotatable bonds is 14. The van der Waals surface area contributed by atoms with Crippen molar-refractivity contribution in [3.05, 3.63) is 59.7 Å². The Kier molecular flexibility index (Phi) is 10.3. The summed E-state index contributed by atoms with van der Waals surface area (Å²) < 4.78 is 11.7. The Morgan fingerprint density at radius 1 is 0.867 bits per heavy atom. The Bertz CT molecular complexity index is 819. The molecule has 0 saturated heterocycles. The van der Waals surface area contributed by atoms with Crippen LogP contribution in [0.15, 0.2) is 48.5 Å². The topological polar surface area (TPSA) is 79.0 Å². The second-order valence-electron chi connectivity index (χ2n) is 6.99. The molecule has 0 spiro atoms. The van der Waals surface area contributed by atoms with E-state index in [9.17, 15) is 4.79 Å². The summed E-state index contributed by atoms with van der Waals surface area (Å²) in [5, 5.41) is 12.1. The zero-order valence-electron chi connectivity index (χ0n) is 17.9. The smallest absolute Gasteiger partial charge is 0.335 e. The molecule has 0 unspecified atom stereocenters. The van der Waals surface area contributed by atoms with Crippen LogP contribution in [0.25, 0.3) is 0 Å². The summed E-state index contributed by atoms with van der Waals surface area (Å²) >= 11 is 0. The van der Waals surface area contributed by atoms with Gasteiger partial charge in [-0.3, -0.25) is 4.84 Å². The first kappa shape index (κ1) is 23.3. The Balaban J connectivity index is 2.07. The Labute approximate surface area is 178 Å². The Morgan fingerprint density at radius 3 is 2.27 bits per heavy atom. The van der Waals surface area contributed by atoms with E-state index in [2.05, 4.69) is 12.1 Å². The van der Waals surface area contributed by atoms with Crippen LogP contribution in [0.5, 0.6) is 11.5 Å². The van der Waals surface area contributed by atoms with Crippen LogP contribution < -0.4 is 14.6 Å². The largest absolute Gasteiger partial charge is 0.494 e. The molecule has 0 fully saturated rings. The minimum atomic E-state index is -0.988. The number of carboxylic acids is 1. The standard InChI is InChI=1S/C24H31NO5/c1-3-5-6-7-15-28-21-12-8-10-19(16-21)23(25-30-14-4-2)18-29-22-13-9-11-20(17-22)24(26)27/h8-13,16-17H,3-7,14-15,18H2,1-2H3,(H,26,27)/p+1/b25-23+. The fraction of sp³-hybridized carbons (Fsp3) is 0.417. The SMILES string of the molecule is CCCCCCOc1cccc(/C(COc2cccc(C(=O)O)c2)=[NH+]/OCCC)c1. The predicted molar refractivity (Wildman–Crippen MR) is 116 cm³/mol. The van der Waals surface area contributed by atoms with Gasteiger partial charge in [0, 0.05) is 0 Å². The van der Waals surface area contributed by atoms with Gasteiger partial charge in [0.15, 0.2) is 13.2 Å². The number of ether oxygens (including phenoxy) is 2. The number of carbonyl (C=O) groups is 1. The van der Waals surface area contributed by atoms with Crippen molar-refractivity contribution in [1.82, 2.24) is 0 Å². The minimum Gasteiger partial charge on any atom is -0.494 e. The number of unbranched alkanes of at least 4 members (excludes halogenated alkanes) is 3. The van der Waals surface area contributed by atoms with Crippen molar-refractivity contribution in [3.8, 4) is 11.5 Å². The molecular formula is C24H32NO5+. The van der Waals surface area contributed by atoms with Crippen LogP contribution in [0.3, 0.4) is 0 Å². The molecular weight excluding hydrogens is 382 g/mol. The third kappa shape index (κ3) is 8.15. The van der Waals surface area contributed by atoms with E-state index in [1.54, 1.807) is 12.1 Å². The van der Waals surface area contributed by atoms with Gasteiger partial charge in [-0.25, -0.2) is 4.79 Å². The first-order chi connectivity index (χ1) is 14.6. The Hall–Kier alpha value is -3.02. The highest BCUT2D eigenvalue weighted by Gasteiger charge is 2.15. The van der Waals surface area contributed by atoms with Crippen molar-refractivity contribution in [1.29, 1.82) is 0 Å². The van der Waals surface area contributed by atoms with Crippen LogP contribution in [0.4, 0.5) is 0 Å². The maximum Gasteiger partial charge on any atom is 0.335 e. The summed E-state index contributed by atoms with van der Waals surface area (Å²) in [5.41, 5.74) is 1.81. The van der Waals surface area contributed by atoms with Crippen LogP contribution in [0.2, 0.25) is 0 Å². The minimum absolute atomic E-state index is 0.183. The van der Waals surface area contributed by atoms with Gasteiger partial charge < -0.3 is 14.6 Å². The lowest BCUT2D eigenvalue weighted by Gasteiger charge is -2.09. The van der Waals surface area contributed by atoms with E-state index in [1.807, 2.05) is 31.2 Å². The molecule has 0 radical (unpaired) electrons. The lowest BCUT2D eigenvalue weighted by atomic mass is 10.1. The van der Waals surface area contributed by atoms with E-state index in [-0.39, 0.29) is 12.2 Å². The van der Waals surface area contributed by atoms with Crippen molar-refractivity contribution < 1.29 is 29.4 Å². The van der Waals surface area contributed by atoms with Crippen molar-refractivity contribution in [2.24, 2.45) is 0 Å². The molecule has 30 heavy (non-hydrogen) atoms. The highest BCUT2D eigenvalue weighted by molar-refractivity contribution is 5.97. The highest BCUT2D eigenvalue weighted by atomic mass is 16.6. The molecule has 0 amide bonds. The van der Waals surface area contributed by atoms with Crippen LogP contribution in [-0.4, -0.2) is 36.6 Å². The summed E-state index contributed by atoms with van der Waals surface area (Å²) in [6.07, 6.45) is 5.51. The highest BCUT2D eigenvalue weighted by Crippen LogP contribution is 2.16. The van der Waals surface area contributed by atoms with Gasteiger partial charge >= 0.3 is 5.97 Å². The summed E-state index contributed by atoms with van der Waals surface area (Å²) in [7, 11) is 0. The van der Waals surface area contributed by atoms with E-state index >= 15 is 0 Å². The van der Waals surface area contributed by atoms with Crippen LogP contribution in [0.1, 0.15) is 61.9 Å². The fourth-order valence-electron chi connectivity index (χ4n) is 2.78. The molecule has 0 aliphatic rings. The molecule has 2 aromatic rings. The molecule has 0 aliphatic carbocycles. The second-order valence-corrected chi connectivity index (χ2v) is 6.99. The molecule has 6 heteroatoms. The zero-order chi connectivity index (χ0) is 21.6. The first-order valence-corrected chi connectivity index (χ1v) is 10.6. The molecule has 6 nitrogen and oxygen atoms in total. The Morgan fingerprint density at radius 2 is 1.57 bits per heavy atom. The quantitative estimate of drug-likeness (QED) is 0.280. The maximum absolute atomic E-state index is 11.2. The molecule has 0 aromatic heterocycles. The molecule has 2 aromatic carbocycles. The molecule has 0 aliphatic heterocycles. The zero-order valence-corrected chi connectivity index (χ0v) is 17.9. The van der Waals surface area contributed by atoms with Gasteiger partial charge in [0.2, 0.25) is 0 Å². The molecule has 2 rings (SSSR count). The lowest BCUT2D eigenvalue weighted by Crippen LogP contribution is -2.73. The molecule has 162 valence electrons. The van der Waals surface area contributed by atoms with E-state index < -0.39 is 5.97 Å². The molecule has 0 heterocycles. The third-order valence-electron chi connectivity index (χ3n) is 4.41. The van der Waals surface area contributed by atoms with Crippen LogP contribution in [-0.2, 0) is 4.84 Å². The van der Waals surface area contributed by atoms with E-state index in [1.165, 1.54) is 31.4 Å². The number of nitrogens with one attached hydrogen (secondary N) is 1. The van der Waals surface area contributed by atoms with Gasteiger partial charge in [-0.05, 0) is 54.4 Å². The number of benzene rings is 2. The number of hydrogen-bond acceptors (Lipinski definition) is 4. The van der Waals surface area contributed by atoms with Crippen LogP contribution in [0, 0.1) is 0 Å². The van der Waals surface area contributed by atoms with Gasteiger partial charge in [0.25, 0.3) is 5.71 Å². The molecule has 0 atom stereocenters. The predicted octanol–water partition coefficient (Wildman–Crippen LogP) is 3.63. The summed E-state index contributed by atoms with van der Waals surface area (Å²) in [6, 6.07) is 14.2. The summed E-state index contributed by atoms with van der Waals surface area (Å²) in [6.45, 7) is 5.67. The monoisotopic (exact) mass is 414 g/mol. The van der Waals surface area contributed by atoms with Gasteiger partial charge in [-0.1, -0.05) is 45.2 Å². The van der Waals surface area contributed by atoms with Crippen molar-refractivity contribution in [3.63, 3.8) is 0 Å². The van der Waals surface area contributed by atoms with Crippen molar-refractivity contribution in [2.45, 2.75) is 46.0 Å². The van der Waals surface area contributed by atoms with Gasteiger partial charge in [-0.15, -0.1) is 0 Å². The molecule has 0 saturated carbocycles. The van der Waals surface area contributed by atoms with Gasteiger partial charge in [-0.2, -0.15) is 0 Å². The van der Waals surface area contributed by atoms with E-state index in [0.29, 0.717) is 19.0 Å². The lowest BCUT2D eigenvalue weighted by molar-refractivity contribution is -0.753. The summed E-state index contributed by atoms with van der Waals surface area (Å²) in [4.78, 5) is 16.7. The number of carboxylic acid groups (broad SMARTS) is 1. The van der Waals surface area contributed by atoms with Gasteiger partial charge in [0.1, 0.15) is 11.5 Å². The first-order valence-electron chi connectivity index (χ1n) is 10.6. The molecule has 0 bridgehead atoms. The van der Waals surface area contributed by atoms with Gasteiger partial charge in [0.05, 0.1) is 17.7 Å². The molecule has 2 N–H and O–H groups in total. The average molecular weight is 415 g/mol. The van der Waals surface area contributed by atoms with Crippen molar-refractivity contribution in [2.75, 3.05) is 19.8 Å². The second kappa shape index (κ2) is 13.2. The maximum atomic E-state index is 11.2. The van der Waals surface area contributed by atoms with Crippen molar-refractivity contribution >= 4 is 11.7 Å². The van der Waals surface area contributed by atoms with E-state index in [4.69, 9.17) is 19.4 Å². The third-order valence-corrected chi connectivity index (χ3v) is 4.41. The van der Waals surface area contributed by atoms with E-state index in [0.717, 1.165) is 29.9 Å². The number of aromatic carboxylic acids is 1. The number of hydrogen-bond donors (Lipinski definition) is 2. The average Bonchev–Trinajstić information content (AvgIpc) is 2.76.